The molecule has 1 N–H and O–H groups in total. The Balaban J connectivity index is 1.76. The molecule has 1 fully saturated rings. The number of nitrogens with zero attached hydrogens (tertiary/aromatic N) is 3. The van der Waals surface area contributed by atoms with E-state index in [1.807, 2.05) is 10.3 Å². The molecule has 5 nitrogen and oxygen atoms in total. The molecule has 2 rings (SSSR count). The van der Waals surface area contributed by atoms with Gasteiger partial charge in [-0.1, -0.05) is 0 Å². The van der Waals surface area contributed by atoms with E-state index >= 15 is 0 Å². The number of hydrogen-bond acceptors (Lipinski definition) is 4. The number of hydrogen-bond donors (Lipinski definition) is 1. The van der Waals surface area contributed by atoms with Crippen LogP contribution in [0.2, 0.25) is 0 Å². The molecule has 0 aromatic carbocycles. The highest BCUT2D eigenvalue weighted by Crippen LogP contribution is 2.09. The number of carbonyl (C=O) groups is 1. The predicted molar refractivity (Wildman–Crippen MR) is 59.1 cm³/mol. The summed E-state index contributed by atoms with van der Waals surface area (Å²) >= 11 is 1.50. The third-order valence-corrected chi connectivity index (χ3v) is 2.96. The Morgan fingerprint density at radius 1 is 1.53 bits per heavy atom. The van der Waals surface area contributed by atoms with E-state index in [-0.39, 0.29) is 5.91 Å². The van der Waals surface area contributed by atoms with Crippen molar-refractivity contribution >= 4 is 22.4 Å². The second-order valence-corrected chi connectivity index (χ2v) is 4.14. The summed E-state index contributed by atoms with van der Waals surface area (Å²) in [6.07, 6.45) is 1.72. The molecule has 1 aromatic rings. The zero-order chi connectivity index (χ0) is 10.5. The molecule has 0 atom stereocenters. The zero-order valence-electron chi connectivity index (χ0n) is 8.35. The van der Waals surface area contributed by atoms with Crippen molar-refractivity contribution in [3.05, 3.63) is 11.6 Å². The fraction of sp³-hybridized carbons (Fsp3) is 0.556. The van der Waals surface area contributed by atoms with Crippen molar-refractivity contribution in [1.29, 1.82) is 0 Å². The van der Waals surface area contributed by atoms with Crippen molar-refractivity contribution in [1.82, 2.24) is 15.2 Å². The summed E-state index contributed by atoms with van der Waals surface area (Å²) in [6.45, 7) is 3.36. The molecule has 1 aromatic heterocycles. The van der Waals surface area contributed by atoms with E-state index < -0.39 is 0 Å². The molecule has 15 heavy (non-hydrogen) atoms. The fourth-order valence-corrected chi connectivity index (χ4v) is 1.96. The lowest BCUT2D eigenvalue weighted by Crippen LogP contribution is -2.45. The van der Waals surface area contributed by atoms with Crippen molar-refractivity contribution in [2.24, 2.45) is 0 Å². The van der Waals surface area contributed by atoms with E-state index in [1.165, 1.54) is 11.3 Å². The van der Waals surface area contributed by atoms with Crippen LogP contribution in [0.4, 0.5) is 5.13 Å². The van der Waals surface area contributed by atoms with Gasteiger partial charge in [-0.15, -0.1) is 11.3 Å². The molecule has 0 bridgehead atoms. The maximum absolute atomic E-state index is 11.7. The highest BCUT2D eigenvalue weighted by Gasteiger charge is 2.16. The highest BCUT2D eigenvalue weighted by atomic mass is 32.1. The molecule has 0 spiro atoms. The molecule has 1 amide bonds. The van der Waals surface area contributed by atoms with Gasteiger partial charge in [0.25, 0.3) is 0 Å². The van der Waals surface area contributed by atoms with Crippen LogP contribution in [0.5, 0.6) is 0 Å². The Morgan fingerprint density at radius 2 is 2.33 bits per heavy atom. The van der Waals surface area contributed by atoms with Gasteiger partial charge in [0.15, 0.2) is 5.13 Å². The standard InChI is InChI=1S/C9H13N4OS/c14-8(13-4-1-10-2-5-13)7-12-9-11-3-6-15-9/h3,6H,1-2,4-5,7H2,(H,11,12). The Labute approximate surface area is 92.5 Å². The maximum Gasteiger partial charge on any atom is 0.242 e. The van der Waals surface area contributed by atoms with Crippen LogP contribution in [-0.2, 0) is 4.79 Å². The lowest BCUT2D eigenvalue weighted by molar-refractivity contribution is -0.129. The van der Waals surface area contributed by atoms with Crippen LogP contribution >= 0.6 is 11.3 Å². The van der Waals surface area contributed by atoms with Crippen LogP contribution in [0.3, 0.4) is 0 Å². The van der Waals surface area contributed by atoms with Gasteiger partial charge in [0, 0.05) is 37.8 Å². The van der Waals surface area contributed by atoms with Crippen LogP contribution in [0.1, 0.15) is 0 Å². The Kier molecular flexibility index (Phi) is 3.52. The molecule has 0 aliphatic carbocycles. The third kappa shape index (κ3) is 2.90. The van der Waals surface area contributed by atoms with E-state index in [4.69, 9.17) is 0 Å². The van der Waals surface area contributed by atoms with Gasteiger partial charge in [-0.25, -0.2) is 10.3 Å². The number of nitrogens with one attached hydrogen (secondary N) is 1. The maximum atomic E-state index is 11.7. The van der Waals surface area contributed by atoms with E-state index in [2.05, 4.69) is 15.6 Å². The first kappa shape index (κ1) is 10.4. The molecule has 2 heterocycles. The summed E-state index contributed by atoms with van der Waals surface area (Å²) in [4.78, 5) is 17.6. The van der Waals surface area contributed by atoms with Crippen LogP contribution in [-0.4, -0.2) is 48.5 Å². The molecular weight excluding hydrogens is 212 g/mol. The second-order valence-electron chi connectivity index (χ2n) is 3.24. The van der Waals surface area contributed by atoms with E-state index in [0.717, 1.165) is 31.3 Å². The van der Waals surface area contributed by atoms with Crippen LogP contribution in [0, 0.1) is 0 Å². The van der Waals surface area contributed by atoms with Crippen molar-refractivity contribution < 1.29 is 4.79 Å². The van der Waals surface area contributed by atoms with Crippen molar-refractivity contribution in [3.8, 4) is 0 Å². The normalized spacial score (nSPS) is 16.4. The average Bonchev–Trinajstić information content (AvgIpc) is 2.80. The number of rotatable bonds is 3. The molecule has 1 radical (unpaired) electrons. The summed E-state index contributed by atoms with van der Waals surface area (Å²) in [5.74, 6) is 0.125. The number of amides is 1. The van der Waals surface area contributed by atoms with Crippen molar-refractivity contribution in [3.63, 3.8) is 0 Å². The predicted octanol–water partition coefficient (Wildman–Crippen LogP) is 0.00160. The van der Waals surface area contributed by atoms with Gasteiger partial charge in [-0.3, -0.25) is 4.79 Å². The molecule has 0 saturated carbocycles. The van der Waals surface area contributed by atoms with E-state index in [0.29, 0.717) is 6.54 Å². The molecular formula is C9H13N4OS. The first-order valence-corrected chi connectivity index (χ1v) is 5.78. The molecule has 1 aliphatic heterocycles. The van der Waals surface area contributed by atoms with Crippen LogP contribution in [0.15, 0.2) is 11.6 Å². The number of carbonyl (C=O) groups excluding carboxylic acids is 1. The topological polar surface area (TPSA) is 59.3 Å². The van der Waals surface area contributed by atoms with Gasteiger partial charge >= 0.3 is 0 Å². The minimum atomic E-state index is 0.125. The summed E-state index contributed by atoms with van der Waals surface area (Å²) in [5.41, 5.74) is 0. The minimum Gasteiger partial charge on any atom is -0.352 e. The number of piperazine rings is 1. The fourth-order valence-electron chi connectivity index (χ4n) is 1.43. The summed E-state index contributed by atoms with van der Waals surface area (Å²) in [5, 5.41) is 9.88. The number of anilines is 1. The molecule has 81 valence electrons. The van der Waals surface area contributed by atoms with Gasteiger partial charge < -0.3 is 10.2 Å². The van der Waals surface area contributed by atoms with Gasteiger partial charge in [-0.2, -0.15) is 0 Å². The minimum absolute atomic E-state index is 0.125. The number of thiazole rings is 1. The molecule has 0 unspecified atom stereocenters. The molecule has 6 heteroatoms. The van der Waals surface area contributed by atoms with Gasteiger partial charge in [0.1, 0.15) is 0 Å². The van der Waals surface area contributed by atoms with Crippen LogP contribution < -0.4 is 10.6 Å². The summed E-state index contributed by atoms with van der Waals surface area (Å²) in [7, 11) is 0. The highest BCUT2D eigenvalue weighted by molar-refractivity contribution is 7.13. The van der Waals surface area contributed by atoms with Crippen LogP contribution in [0.25, 0.3) is 0 Å². The first-order chi connectivity index (χ1) is 7.36. The van der Waals surface area contributed by atoms with Crippen molar-refractivity contribution in [2.75, 3.05) is 38.0 Å². The van der Waals surface area contributed by atoms with E-state index in [9.17, 15) is 4.79 Å². The first-order valence-electron chi connectivity index (χ1n) is 4.90. The largest absolute Gasteiger partial charge is 0.352 e. The van der Waals surface area contributed by atoms with Crippen molar-refractivity contribution in [2.45, 2.75) is 0 Å². The van der Waals surface area contributed by atoms with E-state index in [1.54, 1.807) is 6.20 Å². The average molecular weight is 225 g/mol. The third-order valence-electron chi connectivity index (χ3n) is 2.23. The lowest BCUT2D eigenvalue weighted by Gasteiger charge is -2.26. The van der Waals surface area contributed by atoms with Gasteiger partial charge in [-0.05, 0) is 0 Å². The lowest BCUT2D eigenvalue weighted by atomic mass is 10.3. The smallest absolute Gasteiger partial charge is 0.242 e. The number of aromatic nitrogens is 1. The second kappa shape index (κ2) is 5.09. The molecule has 1 saturated heterocycles. The summed E-state index contributed by atoms with van der Waals surface area (Å²) < 4.78 is 0. The van der Waals surface area contributed by atoms with Gasteiger partial charge in [0.05, 0.1) is 6.54 Å². The SMILES string of the molecule is O=C(CNc1nccs1)N1CC[N]CC1. The zero-order valence-corrected chi connectivity index (χ0v) is 9.16. The molecule has 1 aliphatic rings. The Hall–Kier alpha value is -1.14. The Bertz CT molecular complexity index is 308. The summed E-state index contributed by atoms with van der Waals surface area (Å²) in [6, 6.07) is 0. The quantitative estimate of drug-likeness (QED) is 0.788. The Morgan fingerprint density at radius 3 is 3.00 bits per heavy atom. The van der Waals surface area contributed by atoms with Gasteiger partial charge in [0.2, 0.25) is 5.91 Å². The monoisotopic (exact) mass is 225 g/mol.